The fraction of sp³-hybridized carbons (Fsp3) is 0.429. The van der Waals surface area contributed by atoms with Crippen LogP contribution in [0.4, 0.5) is 0 Å². The van der Waals surface area contributed by atoms with E-state index < -0.39 is 7.04 Å². The molecule has 0 spiro atoms. The minimum Gasteiger partial charge on any atom is -0.497 e. The number of fused-ring (bicyclic) bond motifs is 1. The highest BCUT2D eigenvalue weighted by atomic mass is 16.5. The van der Waals surface area contributed by atoms with Crippen molar-refractivity contribution in [1.29, 1.82) is 0 Å². The summed E-state index contributed by atoms with van der Waals surface area (Å²) in [6.07, 6.45) is 5.37. The normalized spacial score (nSPS) is 23.3. The van der Waals surface area contributed by atoms with Crippen LogP contribution in [0.25, 0.3) is 10.9 Å². The molecular weight excluding hydrogens is 212 g/mol. The fourth-order valence-corrected chi connectivity index (χ4v) is 2.59. The van der Waals surface area contributed by atoms with E-state index >= 15 is 0 Å². The van der Waals surface area contributed by atoms with Crippen molar-refractivity contribution in [3.8, 4) is 5.75 Å². The maximum absolute atomic E-state index is 7.17. The molecule has 90 valence electrons. The molecule has 0 amide bonds. The molecule has 2 aromatic rings. The zero-order valence-electron chi connectivity index (χ0n) is 12.6. The monoisotopic (exact) mass is 233 g/mol. The lowest BCUT2D eigenvalue weighted by atomic mass is 10.0. The predicted molar refractivity (Wildman–Crippen MR) is 69.6 cm³/mol. The van der Waals surface area contributed by atoms with Gasteiger partial charge < -0.3 is 15.0 Å². The lowest BCUT2D eigenvalue weighted by molar-refractivity contribution is 0.415. The van der Waals surface area contributed by atoms with Crippen LogP contribution in [-0.2, 0) is 6.42 Å². The van der Waals surface area contributed by atoms with Crippen molar-refractivity contribution >= 4 is 10.9 Å². The molecule has 1 aromatic heterocycles. The van der Waals surface area contributed by atoms with Crippen molar-refractivity contribution in [3.05, 3.63) is 30.0 Å². The van der Waals surface area contributed by atoms with Gasteiger partial charge in [0.1, 0.15) is 5.75 Å². The summed E-state index contributed by atoms with van der Waals surface area (Å²) in [5.74, 6) is 0.387. The van der Waals surface area contributed by atoms with Crippen LogP contribution in [-0.4, -0.2) is 24.6 Å². The second-order valence-electron chi connectivity index (χ2n) is 4.62. The largest absolute Gasteiger partial charge is 0.497 e. The third-order valence-corrected chi connectivity index (χ3v) is 3.49. The number of nitrogens with one attached hydrogen (secondary N) is 2. The summed E-state index contributed by atoms with van der Waals surface area (Å²) in [5.41, 5.74) is 2.21. The van der Waals surface area contributed by atoms with E-state index in [1.807, 2.05) is 18.3 Å². The number of benzene rings is 1. The van der Waals surface area contributed by atoms with Crippen LogP contribution >= 0.6 is 0 Å². The maximum Gasteiger partial charge on any atom is 0.119 e. The van der Waals surface area contributed by atoms with E-state index in [9.17, 15) is 0 Å². The molecule has 1 saturated heterocycles. The fourth-order valence-electron chi connectivity index (χ4n) is 2.59. The van der Waals surface area contributed by atoms with Gasteiger partial charge in [0.05, 0.1) is 11.2 Å². The first kappa shape index (κ1) is 7.77. The molecule has 1 aliphatic rings. The van der Waals surface area contributed by atoms with Gasteiger partial charge in [-0.15, -0.1) is 0 Å². The lowest BCUT2D eigenvalue weighted by Gasteiger charge is -2.09. The van der Waals surface area contributed by atoms with Crippen molar-refractivity contribution in [3.63, 3.8) is 0 Å². The molecule has 0 unspecified atom stereocenters. The third kappa shape index (κ3) is 2.03. The van der Waals surface area contributed by atoms with Gasteiger partial charge in [0.25, 0.3) is 0 Å². The number of aromatic nitrogens is 1. The highest BCUT2D eigenvalue weighted by molar-refractivity contribution is 5.84. The van der Waals surface area contributed by atoms with E-state index in [4.69, 9.17) is 8.85 Å². The van der Waals surface area contributed by atoms with E-state index in [2.05, 4.69) is 10.3 Å². The second kappa shape index (κ2) is 4.41. The Morgan fingerprint density at radius 2 is 2.53 bits per heavy atom. The Bertz CT molecular complexity index is 600. The van der Waals surface area contributed by atoms with E-state index in [0.29, 0.717) is 11.8 Å². The number of methoxy groups -OCH3 is 1. The molecule has 1 atom stereocenters. The average molecular weight is 233 g/mol. The van der Waals surface area contributed by atoms with Gasteiger partial charge in [0.2, 0.25) is 0 Å². The van der Waals surface area contributed by atoms with Crippen LogP contribution in [0.1, 0.15) is 22.5 Å². The standard InChI is InChI=1S/C14H18N2O/c1-17-12-4-5-14-13(8-12)10(9-16-14)7-11-3-2-6-15-11/h4-5,8-9,11,15-16H,2-3,6-7H2,1H3/t11-/m1/s1/i1D3. The summed E-state index contributed by atoms with van der Waals surface area (Å²) in [4.78, 5) is 3.23. The molecular formula is C14H18N2O. The third-order valence-electron chi connectivity index (χ3n) is 3.49. The van der Waals surface area contributed by atoms with Crippen LogP contribution in [0, 0.1) is 0 Å². The smallest absolute Gasteiger partial charge is 0.119 e. The zero-order valence-corrected chi connectivity index (χ0v) is 9.62. The molecule has 3 nitrogen and oxygen atoms in total. The summed E-state index contributed by atoms with van der Waals surface area (Å²) < 4.78 is 26.5. The molecule has 1 aliphatic heterocycles. The Balaban J connectivity index is 1.87. The summed E-state index contributed by atoms with van der Waals surface area (Å²) in [6, 6.07) is 5.87. The maximum atomic E-state index is 7.17. The molecule has 2 N–H and O–H groups in total. The second-order valence-corrected chi connectivity index (χ2v) is 4.62. The highest BCUT2D eigenvalue weighted by Gasteiger charge is 2.16. The molecule has 0 radical (unpaired) electrons. The minimum atomic E-state index is -2.41. The lowest BCUT2D eigenvalue weighted by Crippen LogP contribution is -2.23. The highest BCUT2D eigenvalue weighted by Crippen LogP contribution is 2.25. The van der Waals surface area contributed by atoms with Gasteiger partial charge in [-0.2, -0.15) is 0 Å². The van der Waals surface area contributed by atoms with E-state index in [-0.39, 0.29) is 0 Å². The average Bonchev–Trinajstić information content (AvgIpc) is 2.98. The van der Waals surface area contributed by atoms with Crippen LogP contribution in [0.5, 0.6) is 5.75 Å². The van der Waals surface area contributed by atoms with E-state index in [1.54, 1.807) is 6.07 Å². The van der Waals surface area contributed by atoms with Gasteiger partial charge >= 0.3 is 0 Å². The van der Waals surface area contributed by atoms with Gasteiger partial charge in [0.15, 0.2) is 0 Å². The summed E-state index contributed by atoms with van der Waals surface area (Å²) >= 11 is 0. The number of aromatic amines is 1. The Morgan fingerprint density at radius 3 is 3.35 bits per heavy atom. The summed E-state index contributed by atoms with van der Waals surface area (Å²) in [5, 5.41) is 4.52. The molecule has 3 heteroatoms. The number of hydrogen-bond donors (Lipinski definition) is 2. The molecule has 3 rings (SSSR count). The predicted octanol–water partition coefficient (Wildman–Crippen LogP) is 2.47. The molecule has 17 heavy (non-hydrogen) atoms. The molecule has 0 aliphatic carbocycles. The Morgan fingerprint density at radius 1 is 1.53 bits per heavy atom. The molecule has 0 bridgehead atoms. The molecule has 1 fully saturated rings. The Labute approximate surface area is 105 Å². The van der Waals surface area contributed by atoms with E-state index in [1.165, 1.54) is 18.4 Å². The van der Waals surface area contributed by atoms with Crippen LogP contribution in [0.15, 0.2) is 24.4 Å². The minimum absolute atomic E-state index is 0.387. The summed E-state index contributed by atoms with van der Waals surface area (Å²) in [7, 11) is -2.41. The number of H-pyrrole nitrogens is 1. The first-order valence-electron chi connectivity index (χ1n) is 7.54. The summed E-state index contributed by atoms with van der Waals surface area (Å²) in [6.45, 7) is 1.08. The Kier molecular flexibility index (Phi) is 2.02. The number of hydrogen-bond acceptors (Lipinski definition) is 2. The van der Waals surface area contributed by atoms with Gasteiger partial charge in [-0.05, 0) is 49.6 Å². The van der Waals surface area contributed by atoms with Crippen molar-refractivity contribution < 1.29 is 8.85 Å². The van der Waals surface area contributed by atoms with Crippen LogP contribution in [0.2, 0.25) is 0 Å². The van der Waals surface area contributed by atoms with Gasteiger partial charge in [-0.25, -0.2) is 0 Å². The molecule has 2 heterocycles. The molecule has 0 saturated carbocycles. The van der Waals surface area contributed by atoms with Crippen molar-refractivity contribution in [2.75, 3.05) is 13.6 Å². The van der Waals surface area contributed by atoms with Crippen molar-refractivity contribution in [2.24, 2.45) is 0 Å². The van der Waals surface area contributed by atoms with Gasteiger partial charge in [-0.1, -0.05) is 0 Å². The molecule has 1 aromatic carbocycles. The first-order chi connectivity index (χ1) is 9.51. The Hall–Kier alpha value is -1.48. The van der Waals surface area contributed by atoms with Gasteiger partial charge in [0, 0.05) is 23.1 Å². The quantitative estimate of drug-likeness (QED) is 0.854. The first-order valence-corrected chi connectivity index (χ1v) is 6.04. The van der Waals surface area contributed by atoms with Crippen LogP contribution in [0.3, 0.4) is 0 Å². The topological polar surface area (TPSA) is 37.0 Å². The van der Waals surface area contributed by atoms with Gasteiger partial charge in [-0.3, -0.25) is 0 Å². The number of ether oxygens (including phenoxy) is 1. The zero-order chi connectivity index (χ0) is 14.2. The van der Waals surface area contributed by atoms with Crippen LogP contribution < -0.4 is 10.1 Å². The van der Waals surface area contributed by atoms with Crippen molar-refractivity contribution in [2.45, 2.75) is 25.3 Å². The SMILES string of the molecule is [2H]C([2H])([2H])Oc1ccc2[nH]cc(C[C@H]3CCCN3)c2c1. The number of rotatable bonds is 3. The van der Waals surface area contributed by atoms with E-state index in [0.717, 1.165) is 23.9 Å². The van der Waals surface area contributed by atoms with Crippen molar-refractivity contribution in [1.82, 2.24) is 10.3 Å².